The highest BCUT2D eigenvalue weighted by molar-refractivity contribution is 5.75. The van der Waals surface area contributed by atoms with E-state index in [2.05, 4.69) is 15.0 Å². The molecule has 3 heteroatoms. The second-order valence-electron chi connectivity index (χ2n) is 2.38. The van der Waals surface area contributed by atoms with Crippen LogP contribution in [0.2, 0.25) is 0 Å². The van der Waals surface area contributed by atoms with Crippen LogP contribution in [0.5, 0.6) is 0 Å². The molecule has 0 saturated carbocycles. The Morgan fingerprint density at radius 3 is 3.00 bits per heavy atom. The molecule has 0 N–H and O–H groups in total. The van der Waals surface area contributed by atoms with Crippen LogP contribution in [0.3, 0.4) is 0 Å². The molecule has 0 fully saturated rings. The first kappa shape index (κ1) is 6.22. The zero-order valence-electron chi connectivity index (χ0n) is 6.15. The predicted molar refractivity (Wildman–Crippen MR) is 42.1 cm³/mol. The highest BCUT2D eigenvalue weighted by Crippen LogP contribution is 2.09. The second kappa shape index (κ2) is 2.27. The largest absolute Gasteiger partial charge is 0.253 e. The lowest BCUT2D eigenvalue weighted by atomic mass is 10.2. The molecule has 0 amide bonds. The number of hydrogen-bond donors (Lipinski definition) is 0. The van der Waals surface area contributed by atoms with Crippen molar-refractivity contribution in [3.05, 3.63) is 30.4 Å². The normalized spacial score (nSPS) is 10.3. The monoisotopic (exact) mass is 145 g/mol. The molecule has 0 saturated heterocycles. The molecule has 3 nitrogen and oxygen atoms in total. The van der Waals surface area contributed by atoms with Gasteiger partial charge in [0.1, 0.15) is 11.8 Å². The molecule has 2 aromatic rings. The SMILES string of the molecule is Cc1ccnc2cncnc12. The fourth-order valence-corrected chi connectivity index (χ4v) is 1.03. The van der Waals surface area contributed by atoms with E-state index in [-0.39, 0.29) is 0 Å². The molecular weight excluding hydrogens is 138 g/mol. The van der Waals surface area contributed by atoms with Crippen molar-refractivity contribution in [3.63, 3.8) is 0 Å². The first-order valence-corrected chi connectivity index (χ1v) is 3.39. The lowest BCUT2D eigenvalue weighted by Crippen LogP contribution is -1.86. The summed E-state index contributed by atoms with van der Waals surface area (Å²) in [4.78, 5) is 12.1. The topological polar surface area (TPSA) is 38.7 Å². The van der Waals surface area contributed by atoms with Crippen LogP contribution in [0.25, 0.3) is 11.0 Å². The third kappa shape index (κ3) is 0.941. The molecule has 0 atom stereocenters. The van der Waals surface area contributed by atoms with Gasteiger partial charge in [-0.25, -0.2) is 9.97 Å². The van der Waals surface area contributed by atoms with Gasteiger partial charge in [-0.2, -0.15) is 0 Å². The van der Waals surface area contributed by atoms with Crippen LogP contribution in [-0.2, 0) is 0 Å². The number of pyridine rings is 1. The van der Waals surface area contributed by atoms with E-state index in [4.69, 9.17) is 0 Å². The Hall–Kier alpha value is -1.51. The molecule has 0 radical (unpaired) electrons. The van der Waals surface area contributed by atoms with Gasteiger partial charge >= 0.3 is 0 Å². The number of nitrogens with zero attached hydrogens (tertiary/aromatic N) is 3. The minimum atomic E-state index is 0.854. The Bertz CT molecular complexity index is 378. The highest BCUT2D eigenvalue weighted by Gasteiger charge is 1.95. The van der Waals surface area contributed by atoms with Gasteiger partial charge in [0.05, 0.1) is 11.7 Å². The Kier molecular flexibility index (Phi) is 1.28. The summed E-state index contributed by atoms with van der Waals surface area (Å²) in [6.45, 7) is 2.01. The molecule has 2 rings (SSSR count). The Balaban J connectivity index is 2.91. The van der Waals surface area contributed by atoms with Gasteiger partial charge in [0, 0.05) is 6.20 Å². The van der Waals surface area contributed by atoms with Gasteiger partial charge in [0.15, 0.2) is 0 Å². The van der Waals surface area contributed by atoms with Gasteiger partial charge in [-0.1, -0.05) is 0 Å². The van der Waals surface area contributed by atoms with E-state index in [1.54, 1.807) is 12.4 Å². The van der Waals surface area contributed by atoms with Crippen LogP contribution in [-0.4, -0.2) is 15.0 Å². The molecule has 0 aliphatic carbocycles. The molecule has 0 aromatic carbocycles. The number of rotatable bonds is 0. The van der Waals surface area contributed by atoms with E-state index in [1.165, 1.54) is 6.33 Å². The smallest absolute Gasteiger partial charge is 0.116 e. The fourth-order valence-electron chi connectivity index (χ4n) is 1.03. The van der Waals surface area contributed by atoms with Gasteiger partial charge < -0.3 is 0 Å². The van der Waals surface area contributed by atoms with Crippen molar-refractivity contribution in [2.75, 3.05) is 0 Å². The molecule has 0 aliphatic rings. The molecular formula is C8H7N3. The van der Waals surface area contributed by atoms with E-state index in [1.807, 2.05) is 13.0 Å². The van der Waals surface area contributed by atoms with E-state index < -0.39 is 0 Å². The van der Waals surface area contributed by atoms with Crippen molar-refractivity contribution in [1.82, 2.24) is 15.0 Å². The summed E-state index contributed by atoms with van der Waals surface area (Å²) in [6, 6.07) is 1.94. The summed E-state index contributed by atoms with van der Waals surface area (Å²) in [7, 11) is 0. The molecule has 0 bridgehead atoms. The Labute approximate surface area is 64.1 Å². The van der Waals surface area contributed by atoms with Gasteiger partial charge in [0.25, 0.3) is 0 Å². The summed E-state index contributed by atoms with van der Waals surface area (Å²) in [5, 5.41) is 0. The van der Waals surface area contributed by atoms with Crippen molar-refractivity contribution < 1.29 is 0 Å². The first-order valence-electron chi connectivity index (χ1n) is 3.39. The van der Waals surface area contributed by atoms with Crippen molar-refractivity contribution >= 4 is 11.0 Å². The predicted octanol–water partition coefficient (Wildman–Crippen LogP) is 1.33. The average molecular weight is 145 g/mol. The molecule has 0 aliphatic heterocycles. The summed E-state index contributed by atoms with van der Waals surface area (Å²) in [5.41, 5.74) is 2.92. The van der Waals surface area contributed by atoms with Crippen LogP contribution in [0.4, 0.5) is 0 Å². The molecule has 0 unspecified atom stereocenters. The minimum absolute atomic E-state index is 0.854. The van der Waals surface area contributed by atoms with Gasteiger partial charge in [0.2, 0.25) is 0 Å². The zero-order chi connectivity index (χ0) is 7.68. The highest BCUT2D eigenvalue weighted by atomic mass is 14.8. The van der Waals surface area contributed by atoms with Gasteiger partial charge in [-0.3, -0.25) is 4.98 Å². The van der Waals surface area contributed by atoms with E-state index >= 15 is 0 Å². The Morgan fingerprint density at radius 2 is 2.18 bits per heavy atom. The molecule has 2 aromatic heterocycles. The summed E-state index contributed by atoms with van der Waals surface area (Å²) in [6.07, 6.45) is 5.02. The number of aryl methyl sites for hydroxylation is 1. The third-order valence-corrected chi connectivity index (χ3v) is 1.60. The summed E-state index contributed by atoms with van der Waals surface area (Å²) >= 11 is 0. The van der Waals surface area contributed by atoms with Crippen molar-refractivity contribution in [2.45, 2.75) is 6.92 Å². The number of fused-ring (bicyclic) bond motifs is 1. The molecule has 54 valence electrons. The zero-order valence-corrected chi connectivity index (χ0v) is 6.15. The minimum Gasteiger partial charge on any atom is -0.253 e. The maximum absolute atomic E-state index is 4.12. The van der Waals surface area contributed by atoms with Crippen LogP contribution >= 0.6 is 0 Å². The van der Waals surface area contributed by atoms with Crippen LogP contribution in [0.1, 0.15) is 5.56 Å². The lowest BCUT2D eigenvalue weighted by Gasteiger charge is -1.96. The van der Waals surface area contributed by atoms with Crippen LogP contribution in [0.15, 0.2) is 24.8 Å². The van der Waals surface area contributed by atoms with Crippen LogP contribution < -0.4 is 0 Å². The molecule has 2 heterocycles. The standard InChI is InChI=1S/C8H7N3/c1-6-2-3-10-7-4-9-5-11-8(6)7/h2-5H,1H3. The van der Waals surface area contributed by atoms with Gasteiger partial charge in [-0.15, -0.1) is 0 Å². The third-order valence-electron chi connectivity index (χ3n) is 1.60. The van der Waals surface area contributed by atoms with Crippen molar-refractivity contribution in [3.8, 4) is 0 Å². The fraction of sp³-hybridized carbons (Fsp3) is 0.125. The van der Waals surface area contributed by atoms with Gasteiger partial charge in [-0.05, 0) is 18.6 Å². The van der Waals surface area contributed by atoms with E-state index in [9.17, 15) is 0 Å². The summed E-state index contributed by atoms with van der Waals surface area (Å²) < 4.78 is 0. The first-order chi connectivity index (χ1) is 5.38. The lowest BCUT2D eigenvalue weighted by molar-refractivity contribution is 1.18. The summed E-state index contributed by atoms with van der Waals surface area (Å²) in [5.74, 6) is 0. The average Bonchev–Trinajstić information content (AvgIpc) is 2.06. The van der Waals surface area contributed by atoms with E-state index in [0.717, 1.165) is 16.6 Å². The second-order valence-corrected chi connectivity index (χ2v) is 2.38. The molecule has 0 spiro atoms. The quantitative estimate of drug-likeness (QED) is 0.561. The Morgan fingerprint density at radius 1 is 1.27 bits per heavy atom. The number of hydrogen-bond acceptors (Lipinski definition) is 3. The molecule has 11 heavy (non-hydrogen) atoms. The maximum atomic E-state index is 4.12. The van der Waals surface area contributed by atoms with Crippen molar-refractivity contribution in [2.24, 2.45) is 0 Å². The van der Waals surface area contributed by atoms with Crippen LogP contribution in [0, 0.1) is 6.92 Å². The maximum Gasteiger partial charge on any atom is 0.116 e. The number of aromatic nitrogens is 3. The van der Waals surface area contributed by atoms with Crippen molar-refractivity contribution in [1.29, 1.82) is 0 Å². The van der Waals surface area contributed by atoms with E-state index in [0.29, 0.717) is 0 Å².